The Morgan fingerprint density at radius 3 is 0.739 bits per heavy atom. The summed E-state index contributed by atoms with van der Waals surface area (Å²) in [5.41, 5.74) is 0. The van der Waals surface area contributed by atoms with Gasteiger partial charge >= 0.3 is 26.2 Å². The zero-order valence-corrected chi connectivity index (χ0v) is 19.0. The van der Waals surface area contributed by atoms with Crippen molar-refractivity contribution in [3.63, 3.8) is 0 Å². The van der Waals surface area contributed by atoms with Crippen molar-refractivity contribution >= 4 is 0 Å². The summed E-state index contributed by atoms with van der Waals surface area (Å²) in [4.78, 5) is 0. The normalized spacial score (nSPS) is 13.3. The van der Waals surface area contributed by atoms with Gasteiger partial charge in [-0.25, -0.2) is 0 Å². The molecule has 140 valence electrons. The van der Waals surface area contributed by atoms with Crippen molar-refractivity contribution in [3.05, 3.63) is 13.2 Å². The van der Waals surface area contributed by atoms with Crippen molar-refractivity contribution in [3.8, 4) is 0 Å². The molecule has 0 bridgehead atoms. The van der Waals surface area contributed by atoms with Gasteiger partial charge in [0.1, 0.15) is 0 Å². The molecule has 1 fully saturated rings. The quantitative estimate of drug-likeness (QED) is 0.417. The molecule has 0 aliphatic carbocycles. The Balaban J connectivity index is -0.0000000378. The van der Waals surface area contributed by atoms with Crippen LogP contribution in [0, 0.1) is 0 Å². The molecule has 0 radical (unpaired) electrons. The SMILES string of the molecule is C=C.CC(C)[O-].CC(C)[O-].CC(C)[O-].CC(C)[O-].CC1CO1.[Zr+4]. The molecule has 5 nitrogen and oxygen atoms in total. The van der Waals surface area contributed by atoms with Gasteiger partial charge in [0.15, 0.2) is 0 Å². The average Bonchev–Trinajstić information content (AvgIpc) is 3.00. The van der Waals surface area contributed by atoms with Crippen molar-refractivity contribution in [1.82, 2.24) is 0 Å². The van der Waals surface area contributed by atoms with Crippen LogP contribution in [-0.4, -0.2) is 37.1 Å². The molecular weight excluding hydrogens is 375 g/mol. The van der Waals surface area contributed by atoms with Crippen molar-refractivity contribution < 1.29 is 51.4 Å². The van der Waals surface area contributed by atoms with E-state index in [0.29, 0.717) is 6.10 Å². The Bertz CT molecular complexity index is 126. The summed E-state index contributed by atoms with van der Waals surface area (Å²) in [6.45, 7) is 21.9. The smallest absolute Gasteiger partial charge is 0.852 e. The molecule has 0 N–H and O–H groups in total. The van der Waals surface area contributed by atoms with Gasteiger partial charge in [0.25, 0.3) is 0 Å². The fraction of sp³-hybridized carbons (Fsp3) is 0.882. The van der Waals surface area contributed by atoms with Crippen molar-refractivity contribution in [1.29, 1.82) is 0 Å². The van der Waals surface area contributed by atoms with E-state index >= 15 is 0 Å². The first-order valence-corrected chi connectivity index (χ1v) is 7.57. The minimum Gasteiger partial charge on any atom is -0.852 e. The van der Waals surface area contributed by atoms with Crippen LogP contribution < -0.4 is 20.4 Å². The summed E-state index contributed by atoms with van der Waals surface area (Å²) < 4.78 is 4.71. The number of hydrogen-bond acceptors (Lipinski definition) is 5. The van der Waals surface area contributed by atoms with E-state index in [4.69, 9.17) is 4.74 Å². The van der Waals surface area contributed by atoms with Gasteiger partial charge in [-0.1, -0.05) is 55.4 Å². The molecule has 1 rings (SSSR count). The monoisotopic (exact) mass is 412 g/mol. The molecule has 0 aromatic heterocycles. The van der Waals surface area contributed by atoms with Crippen LogP contribution in [0.1, 0.15) is 62.3 Å². The van der Waals surface area contributed by atoms with E-state index in [-0.39, 0.29) is 26.2 Å². The van der Waals surface area contributed by atoms with Gasteiger partial charge in [-0.3, -0.25) is 0 Å². The van der Waals surface area contributed by atoms with Crippen molar-refractivity contribution in [2.45, 2.75) is 92.8 Å². The molecule has 0 saturated carbocycles. The van der Waals surface area contributed by atoms with Crippen LogP contribution in [0.25, 0.3) is 0 Å². The summed E-state index contributed by atoms with van der Waals surface area (Å²) in [5.74, 6) is 0. The maximum absolute atomic E-state index is 9.53. The summed E-state index contributed by atoms with van der Waals surface area (Å²) in [6, 6.07) is 0. The first kappa shape index (κ1) is 38.8. The fourth-order valence-corrected chi connectivity index (χ4v) is 0.0962. The minimum atomic E-state index is -0.417. The number of rotatable bonds is 0. The zero-order chi connectivity index (χ0) is 19.3. The maximum atomic E-state index is 9.53. The van der Waals surface area contributed by atoms with Gasteiger partial charge in [0.2, 0.25) is 0 Å². The van der Waals surface area contributed by atoms with Crippen molar-refractivity contribution in [2.24, 2.45) is 0 Å². The molecule has 6 heteroatoms. The largest absolute Gasteiger partial charge is 4.00 e. The van der Waals surface area contributed by atoms with Gasteiger partial charge in [-0.05, 0) is 6.92 Å². The minimum absolute atomic E-state index is 0. The first-order valence-electron chi connectivity index (χ1n) is 7.57. The zero-order valence-electron chi connectivity index (χ0n) is 16.5. The second-order valence-corrected chi connectivity index (χ2v) is 5.34. The average molecular weight is 414 g/mol. The van der Waals surface area contributed by atoms with E-state index in [1.807, 2.05) is 0 Å². The Kier molecular flexibility index (Phi) is 57.2. The van der Waals surface area contributed by atoms with E-state index in [9.17, 15) is 20.4 Å². The van der Waals surface area contributed by atoms with Crippen LogP contribution in [0.3, 0.4) is 0 Å². The Morgan fingerprint density at radius 2 is 0.739 bits per heavy atom. The molecule has 1 saturated heterocycles. The van der Waals surface area contributed by atoms with Gasteiger partial charge in [-0.2, -0.15) is 0 Å². The molecule has 1 unspecified atom stereocenters. The second-order valence-electron chi connectivity index (χ2n) is 5.34. The molecule has 0 amide bonds. The van der Waals surface area contributed by atoms with Gasteiger partial charge in [-0.15, -0.1) is 37.6 Å². The van der Waals surface area contributed by atoms with Crippen LogP contribution >= 0.6 is 0 Å². The molecule has 1 aliphatic rings. The van der Waals surface area contributed by atoms with E-state index in [0.717, 1.165) is 6.61 Å². The Labute approximate surface area is 163 Å². The Hall–Kier alpha value is 0.423. The van der Waals surface area contributed by atoms with Crippen molar-refractivity contribution in [2.75, 3.05) is 6.61 Å². The summed E-state index contributed by atoms with van der Waals surface area (Å²) in [5, 5.41) is 38.1. The van der Waals surface area contributed by atoms with E-state index < -0.39 is 24.4 Å². The standard InChI is InChI=1S/C3H6O.4C3H7O.C2H4.Zr/c1-3-2-4-3;4*1-3(2)4;1-2;/h3H,2H2,1H3;4*3H,1-2H3;1-2H2;/q;4*-1;;+4. The second kappa shape index (κ2) is 33.9. The molecule has 0 aromatic rings. The van der Waals surface area contributed by atoms with Crippen LogP contribution in [0.4, 0.5) is 0 Å². The third-order valence-electron chi connectivity index (χ3n) is 0.500. The fourth-order valence-electron chi connectivity index (χ4n) is 0.0962. The van der Waals surface area contributed by atoms with Crippen LogP contribution in [0.2, 0.25) is 0 Å². The van der Waals surface area contributed by atoms with Crippen LogP contribution in [0.5, 0.6) is 0 Å². The summed E-state index contributed by atoms with van der Waals surface area (Å²) >= 11 is 0. The van der Waals surface area contributed by atoms with E-state index in [1.165, 1.54) is 0 Å². The third kappa shape index (κ3) is 798. The van der Waals surface area contributed by atoms with Crippen LogP contribution in [-0.2, 0) is 30.9 Å². The predicted molar refractivity (Wildman–Crippen MR) is 87.2 cm³/mol. The molecule has 1 heterocycles. The van der Waals surface area contributed by atoms with Gasteiger partial charge in [0, 0.05) is 0 Å². The number of ether oxygens (including phenoxy) is 1. The Morgan fingerprint density at radius 1 is 0.696 bits per heavy atom. The molecular formula is C17H38O5Zr. The van der Waals surface area contributed by atoms with Crippen LogP contribution in [0.15, 0.2) is 13.2 Å². The van der Waals surface area contributed by atoms with E-state index in [1.54, 1.807) is 55.4 Å². The third-order valence-corrected chi connectivity index (χ3v) is 0.500. The number of epoxide rings is 1. The predicted octanol–water partition coefficient (Wildman–Crippen LogP) is 0.225. The summed E-state index contributed by atoms with van der Waals surface area (Å²) in [7, 11) is 0. The molecule has 0 aromatic carbocycles. The molecule has 23 heavy (non-hydrogen) atoms. The van der Waals surface area contributed by atoms with Gasteiger partial charge in [0.05, 0.1) is 12.7 Å². The first-order chi connectivity index (χ1) is 9.82. The number of hydrogen-bond donors (Lipinski definition) is 0. The van der Waals surface area contributed by atoms with E-state index in [2.05, 4.69) is 20.1 Å². The topological polar surface area (TPSA) is 105 Å². The molecule has 1 aliphatic heterocycles. The maximum Gasteiger partial charge on any atom is 4.00 e. The molecule has 0 spiro atoms. The summed E-state index contributed by atoms with van der Waals surface area (Å²) in [6.07, 6.45) is -1.08. The van der Waals surface area contributed by atoms with Gasteiger partial charge < -0.3 is 25.2 Å². The molecule has 1 atom stereocenters.